The summed E-state index contributed by atoms with van der Waals surface area (Å²) in [4.78, 5) is 16.8. The van der Waals surface area contributed by atoms with E-state index in [0.29, 0.717) is 18.2 Å². The fourth-order valence-electron chi connectivity index (χ4n) is 4.59. The smallest absolute Gasteiger partial charge is 0.253 e. The number of benzene rings is 2. The Labute approximate surface area is 190 Å². The van der Waals surface area contributed by atoms with E-state index >= 15 is 0 Å². The van der Waals surface area contributed by atoms with Crippen molar-refractivity contribution in [2.24, 2.45) is 0 Å². The quantitative estimate of drug-likeness (QED) is 0.717. The molecule has 1 amide bonds. The lowest BCUT2D eigenvalue weighted by molar-refractivity contribution is 0.0474. The highest BCUT2D eigenvalue weighted by Gasteiger charge is 2.24. The lowest BCUT2D eigenvalue weighted by Crippen LogP contribution is -2.43. The molecule has 2 N–H and O–H groups in total. The summed E-state index contributed by atoms with van der Waals surface area (Å²) in [5, 5.41) is 14.3. The van der Waals surface area contributed by atoms with Crippen LogP contribution < -0.4 is 10.2 Å². The zero-order chi connectivity index (χ0) is 21.6. The monoisotopic (exact) mass is 441 g/mol. The molecule has 2 aromatic rings. The number of β-amino-alcohol motifs (C(OH)–C–C–N with tert-alkyl or cyclic N) is 1. The van der Waals surface area contributed by atoms with Crippen LogP contribution in [0.5, 0.6) is 0 Å². The number of nitrogens with zero attached hydrogens (tertiary/aromatic N) is 2. The molecule has 2 fully saturated rings. The average molecular weight is 442 g/mol. The normalized spacial score (nSPS) is 20.1. The molecule has 5 nitrogen and oxygen atoms in total. The summed E-state index contributed by atoms with van der Waals surface area (Å²) in [6.07, 6.45) is 4.42. The molecule has 6 heteroatoms. The predicted molar refractivity (Wildman–Crippen MR) is 126 cm³/mol. The van der Waals surface area contributed by atoms with Crippen LogP contribution in [0.3, 0.4) is 0 Å². The molecular weight excluding hydrogens is 410 g/mol. The van der Waals surface area contributed by atoms with Gasteiger partial charge < -0.3 is 20.2 Å². The van der Waals surface area contributed by atoms with Crippen molar-refractivity contribution >= 4 is 23.2 Å². The van der Waals surface area contributed by atoms with Crippen molar-refractivity contribution in [3.63, 3.8) is 0 Å². The van der Waals surface area contributed by atoms with Gasteiger partial charge in [-0.3, -0.25) is 4.79 Å². The number of amides is 1. The molecule has 166 valence electrons. The van der Waals surface area contributed by atoms with Gasteiger partial charge in [-0.25, -0.2) is 0 Å². The van der Waals surface area contributed by atoms with E-state index in [2.05, 4.69) is 28.4 Å². The molecule has 2 aliphatic heterocycles. The van der Waals surface area contributed by atoms with Crippen LogP contribution in [-0.4, -0.2) is 60.8 Å². The summed E-state index contributed by atoms with van der Waals surface area (Å²) < 4.78 is 0. The third-order valence-corrected chi connectivity index (χ3v) is 6.81. The summed E-state index contributed by atoms with van der Waals surface area (Å²) in [5.74, 6) is 0.0201. The van der Waals surface area contributed by atoms with Crippen LogP contribution >= 0.6 is 11.6 Å². The van der Waals surface area contributed by atoms with E-state index in [4.69, 9.17) is 11.6 Å². The van der Waals surface area contributed by atoms with E-state index in [-0.39, 0.29) is 5.91 Å². The first-order valence-corrected chi connectivity index (χ1v) is 11.8. The Morgan fingerprint density at radius 3 is 2.48 bits per heavy atom. The first-order valence-electron chi connectivity index (χ1n) is 11.4. The summed E-state index contributed by atoms with van der Waals surface area (Å²) in [7, 11) is 0. The molecule has 31 heavy (non-hydrogen) atoms. The maximum atomic E-state index is 12.7. The van der Waals surface area contributed by atoms with Crippen molar-refractivity contribution in [2.75, 3.05) is 37.6 Å². The Morgan fingerprint density at radius 1 is 1.03 bits per heavy atom. The van der Waals surface area contributed by atoms with E-state index in [0.717, 1.165) is 63.3 Å². The zero-order valence-corrected chi connectivity index (χ0v) is 18.7. The molecular formula is C25H32ClN3O2. The summed E-state index contributed by atoms with van der Waals surface area (Å²) in [6.45, 7) is 4.13. The van der Waals surface area contributed by atoms with Crippen LogP contribution in [0.25, 0.3) is 0 Å². The first kappa shape index (κ1) is 22.1. The summed E-state index contributed by atoms with van der Waals surface area (Å²) >= 11 is 6.24. The SMILES string of the molecule is O=C(c1ccc(N2CCC(NCCc3ccccc3Cl)CC2)cc1)N1CCCC(O)C1. The standard InChI is InChI=1S/C25H32ClN3O2/c26-24-6-2-1-4-19(24)11-14-27-21-12-16-28(17-13-21)22-9-7-20(8-10-22)25(31)29-15-3-5-23(30)18-29/h1-2,4,6-10,21,23,27,30H,3,5,11-18H2. The van der Waals surface area contributed by atoms with Gasteiger partial charge in [0.2, 0.25) is 0 Å². The highest BCUT2D eigenvalue weighted by Crippen LogP contribution is 2.22. The highest BCUT2D eigenvalue weighted by atomic mass is 35.5. The molecule has 1 unspecified atom stereocenters. The van der Waals surface area contributed by atoms with E-state index in [1.165, 1.54) is 11.3 Å². The number of hydrogen-bond donors (Lipinski definition) is 2. The van der Waals surface area contributed by atoms with Crippen LogP contribution in [0, 0.1) is 0 Å². The Bertz CT molecular complexity index is 865. The van der Waals surface area contributed by atoms with Gasteiger partial charge in [0.15, 0.2) is 0 Å². The Kier molecular flexibility index (Phi) is 7.49. The van der Waals surface area contributed by atoms with Crippen molar-refractivity contribution in [1.82, 2.24) is 10.2 Å². The lowest BCUT2D eigenvalue weighted by Gasteiger charge is -2.34. The van der Waals surface area contributed by atoms with Gasteiger partial charge in [0, 0.05) is 48.5 Å². The molecule has 2 aliphatic rings. The number of carbonyl (C=O) groups excluding carboxylic acids is 1. The van der Waals surface area contributed by atoms with Gasteiger partial charge in [-0.15, -0.1) is 0 Å². The molecule has 4 rings (SSSR count). The Morgan fingerprint density at radius 2 is 1.77 bits per heavy atom. The van der Waals surface area contributed by atoms with Crippen molar-refractivity contribution < 1.29 is 9.90 Å². The molecule has 0 spiro atoms. The van der Waals surface area contributed by atoms with E-state index < -0.39 is 6.10 Å². The Balaban J connectivity index is 1.23. The molecule has 0 saturated carbocycles. The average Bonchev–Trinajstić information content (AvgIpc) is 2.80. The topological polar surface area (TPSA) is 55.8 Å². The minimum Gasteiger partial charge on any atom is -0.391 e. The molecule has 0 radical (unpaired) electrons. The van der Waals surface area contributed by atoms with Gasteiger partial charge in [0.25, 0.3) is 5.91 Å². The second kappa shape index (κ2) is 10.5. The minimum atomic E-state index is -0.392. The van der Waals surface area contributed by atoms with Crippen LogP contribution in [0.4, 0.5) is 5.69 Å². The van der Waals surface area contributed by atoms with Crippen LogP contribution in [0.1, 0.15) is 41.6 Å². The van der Waals surface area contributed by atoms with Crippen LogP contribution in [0.2, 0.25) is 5.02 Å². The molecule has 2 aromatic carbocycles. The molecule has 1 atom stereocenters. The highest BCUT2D eigenvalue weighted by molar-refractivity contribution is 6.31. The zero-order valence-electron chi connectivity index (χ0n) is 18.0. The third-order valence-electron chi connectivity index (χ3n) is 6.44. The minimum absolute atomic E-state index is 0.0201. The molecule has 2 saturated heterocycles. The van der Waals surface area contributed by atoms with Gasteiger partial charge in [-0.05, 0) is 74.5 Å². The second-order valence-electron chi connectivity index (χ2n) is 8.65. The van der Waals surface area contributed by atoms with Crippen molar-refractivity contribution in [3.05, 3.63) is 64.7 Å². The molecule has 0 aliphatic carbocycles. The number of hydrogen-bond acceptors (Lipinski definition) is 4. The number of nitrogens with one attached hydrogen (secondary N) is 1. The number of carbonyl (C=O) groups is 1. The summed E-state index contributed by atoms with van der Waals surface area (Å²) in [5.41, 5.74) is 3.07. The number of rotatable bonds is 6. The number of anilines is 1. The van der Waals surface area contributed by atoms with E-state index in [1.54, 1.807) is 4.90 Å². The maximum Gasteiger partial charge on any atom is 0.253 e. The van der Waals surface area contributed by atoms with Crippen LogP contribution in [0.15, 0.2) is 48.5 Å². The number of piperidine rings is 2. The number of aliphatic hydroxyl groups is 1. The van der Waals surface area contributed by atoms with E-state index in [1.807, 2.05) is 30.3 Å². The van der Waals surface area contributed by atoms with Gasteiger partial charge in [0.1, 0.15) is 0 Å². The first-order chi connectivity index (χ1) is 15.1. The number of aliphatic hydroxyl groups excluding tert-OH is 1. The van der Waals surface area contributed by atoms with Gasteiger partial charge in [-0.2, -0.15) is 0 Å². The maximum absolute atomic E-state index is 12.7. The van der Waals surface area contributed by atoms with Crippen molar-refractivity contribution in [3.8, 4) is 0 Å². The fourth-order valence-corrected chi connectivity index (χ4v) is 4.82. The molecule has 0 bridgehead atoms. The number of likely N-dealkylation sites (tertiary alicyclic amines) is 1. The predicted octanol–water partition coefficient (Wildman–Crippen LogP) is 3.74. The van der Waals surface area contributed by atoms with E-state index in [9.17, 15) is 9.90 Å². The van der Waals surface area contributed by atoms with Crippen LogP contribution in [-0.2, 0) is 6.42 Å². The second-order valence-corrected chi connectivity index (χ2v) is 9.06. The molecule has 0 aromatic heterocycles. The van der Waals surface area contributed by atoms with Gasteiger partial charge in [-0.1, -0.05) is 29.8 Å². The molecule has 2 heterocycles. The van der Waals surface area contributed by atoms with Gasteiger partial charge in [0.05, 0.1) is 6.10 Å². The largest absolute Gasteiger partial charge is 0.391 e. The van der Waals surface area contributed by atoms with Gasteiger partial charge >= 0.3 is 0 Å². The third kappa shape index (κ3) is 5.79. The van der Waals surface area contributed by atoms with Crippen molar-refractivity contribution in [2.45, 2.75) is 44.2 Å². The lowest BCUT2D eigenvalue weighted by atomic mass is 10.0. The fraction of sp³-hybridized carbons (Fsp3) is 0.480. The number of halogens is 1. The summed E-state index contributed by atoms with van der Waals surface area (Å²) in [6, 6.07) is 16.5. The Hall–Kier alpha value is -2.08. The van der Waals surface area contributed by atoms with Crippen molar-refractivity contribution in [1.29, 1.82) is 0 Å².